The van der Waals surface area contributed by atoms with E-state index in [9.17, 15) is 0 Å². The maximum Gasteiger partial charge on any atom is 0.120 e. The second-order valence-electron chi connectivity index (χ2n) is 13.7. The van der Waals surface area contributed by atoms with Gasteiger partial charge in [-0.2, -0.15) is 0 Å². The number of benzene rings is 5. The molecule has 0 aliphatic carbocycles. The average molecular weight is 872 g/mol. The Hall–Kier alpha value is -5.42. The number of fused-ring (bicyclic) bond motifs is 6. The largest absolute Gasteiger partial charge is 0.501 e. The number of aromatic nitrogens is 4. The standard InChI is InChI=1S/C35H30N3O.C12H10N.Ir/c1-20(2)23-14-10-15-24(21(3)4)33(23)38-32-22(5)36-29-18-8-6-13-27(29)31(32)37-35(38)28-17-11-16-26-25-12-7-9-19-30(25)39-34(26)28;1-10-7-8-12(13-9-10)11-5-3-2-4-6-11;/h6-16,18-21H,1-5H3;2-5,7-9H,1H3;/q2*-1;/i;1D3;. The summed E-state index contributed by atoms with van der Waals surface area (Å²) >= 11 is 0. The Morgan fingerprint density at radius 1 is 0.717 bits per heavy atom. The first-order valence-corrected chi connectivity index (χ1v) is 17.7. The molecule has 0 aliphatic rings. The first-order valence-electron chi connectivity index (χ1n) is 19.2. The summed E-state index contributed by atoms with van der Waals surface area (Å²) in [6.45, 7) is 9.03. The first-order chi connectivity index (χ1) is 26.5. The summed E-state index contributed by atoms with van der Waals surface area (Å²) < 4.78 is 30.5. The number of nitrogens with zero attached hydrogens (tertiary/aromatic N) is 4. The van der Waals surface area contributed by atoms with Crippen LogP contribution in [-0.4, -0.2) is 19.5 Å². The summed E-state index contributed by atoms with van der Waals surface area (Å²) in [5.74, 6) is 1.47. The van der Waals surface area contributed by atoms with E-state index in [2.05, 4.69) is 111 Å². The van der Waals surface area contributed by atoms with Crippen molar-refractivity contribution in [2.24, 2.45) is 0 Å². The van der Waals surface area contributed by atoms with Gasteiger partial charge in [-0.25, -0.2) is 0 Å². The van der Waals surface area contributed by atoms with Crippen LogP contribution in [0.15, 0.2) is 126 Å². The van der Waals surface area contributed by atoms with Crippen LogP contribution >= 0.6 is 0 Å². The summed E-state index contributed by atoms with van der Waals surface area (Å²) in [6, 6.07) is 44.5. The van der Waals surface area contributed by atoms with Crippen LogP contribution < -0.4 is 0 Å². The average Bonchev–Trinajstić information content (AvgIpc) is 3.78. The molecule has 6 heteroatoms. The molecule has 0 saturated heterocycles. The number of rotatable bonds is 5. The molecular formula is C47H40IrN4O-2. The van der Waals surface area contributed by atoms with Crippen molar-refractivity contribution in [1.82, 2.24) is 19.5 Å². The van der Waals surface area contributed by atoms with Crippen LogP contribution in [0.2, 0.25) is 0 Å². The second-order valence-corrected chi connectivity index (χ2v) is 13.7. The minimum Gasteiger partial charge on any atom is -0.501 e. The zero-order valence-electron chi connectivity index (χ0n) is 33.2. The van der Waals surface area contributed by atoms with Gasteiger partial charge in [0.2, 0.25) is 0 Å². The van der Waals surface area contributed by atoms with E-state index in [1.54, 1.807) is 18.2 Å². The Morgan fingerprint density at radius 3 is 2.15 bits per heavy atom. The van der Waals surface area contributed by atoms with Crippen molar-refractivity contribution in [3.05, 3.63) is 156 Å². The quantitative estimate of drug-likeness (QED) is 0.162. The van der Waals surface area contributed by atoms with E-state index in [0.29, 0.717) is 11.8 Å². The van der Waals surface area contributed by atoms with Crippen molar-refractivity contribution in [1.29, 1.82) is 0 Å². The minimum absolute atomic E-state index is 0. The zero-order chi connectivity index (χ0) is 38.4. The monoisotopic (exact) mass is 872 g/mol. The molecule has 5 aromatic carbocycles. The Bertz CT molecular complexity index is 2800. The Morgan fingerprint density at radius 2 is 1.45 bits per heavy atom. The number of imidazole rings is 1. The van der Waals surface area contributed by atoms with Gasteiger partial charge in [-0.1, -0.05) is 105 Å². The number of aryl methyl sites for hydroxylation is 2. The van der Waals surface area contributed by atoms with Crippen LogP contribution in [0, 0.1) is 25.9 Å². The van der Waals surface area contributed by atoms with E-state index in [-0.39, 0.29) is 25.7 Å². The first kappa shape index (κ1) is 32.2. The molecule has 4 heterocycles. The number of pyridine rings is 2. The molecule has 0 saturated carbocycles. The van der Waals surface area contributed by atoms with Gasteiger partial charge in [0.1, 0.15) is 5.58 Å². The summed E-state index contributed by atoms with van der Waals surface area (Å²) in [5.41, 5.74) is 12.0. The molecule has 0 aliphatic heterocycles. The van der Waals surface area contributed by atoms with Crippen molar-refractivity contribution in [3.8, 4) is 28.3 Å². The molecule has 9 aromatic rings. The van der Waals surface area contributed by atoms with Crippen molar-refractivity contribution in [2.45, 2.75) is 53.3 Å². The minimum atomic E-state index is -2.09. The smallest absolute Gasteiger partial charge is 0.120 e. The fourth-order valence-electron chi connectivity index (χ4n) is 7.06. The van der Waals surface area contributed by atoms with Gasteiger partial charge < -0.3 is 14.0 Å². The predicted molar refractivity (Wildman–Crippen MR) is 214 cm³/mol. The van der Waals surface area contributed by atoms with Gasteiger partial charge in [-0.05, 0) is 60.1 Å². The van der Waals surface area contributed by atoms with Gasteiger partial charge in [0, 0.05) is 46.9 Å². The van der Waals surface area contributed by atoms with E-state index < -0.39 is 6.85 Å². The summed E-state index contributed by atoms with van der Waals surface area (Å²) in [6.07, 6.45) is 1.39. The van der Waals surface area contributed by atoms with Crippen molar-refractivity contribution in [3.63, 3.8) is 0 Å². The van der Waals surface area contributed by atoms with Crippen LogP contribution in [0.3, 0.4) is 0 Å². The molecule has 0 fully saturated rings. The van der Waals surface area contributed by atoms with Crippen LogP contribution in [0.5, 0.6) is 0 Å². The van der Waals surface area contributed by atoms with Crippen LogP contribution in [0.25, 0.3) is 72.2 Å². The third kappa shape index (κ3) is 6.58. The van der Waals surface area contributed by atoms with E-state index in [0.717, 1.165) is 72.2 Å². The van der Waals surface area contributed by atoms with Crippen molar-refractivity contribution in [2.75, 3.05) is 0 Å². The summed E-state index contributed by atoms with van der Waals surface area (Å²) in [5, 5.41) is 3.21. The molecule has 0 spiro atoms. The summed E-state index contributed by atoms with van der Waals surface area (Å²) in [4.78, 5) is 14.6. The van der Waals surface area contributed by atoms with E-state index in [4.69, 9.17) is 18.5 Å². The molecule has 0 bridgehead atoms. The van der Waals surface area contributed by atoms with E-state index in [1.807, 2.05) is 42.5 Å². The van der Waals surface area contributed by atoms with Crippen LogP contribution in [0.4, 0.5) is 0 Å². The van der Waals surface area contributed by atoms with Gasteiger partial charge in [-0.3, -0.25) is 9.97 Å². The fraction of sp³-hybridized carbons (Fsp3) is 0.170. The van der Waals surface area contributed by atoms with Crippen molar-refractivity contribution < 1.29 is 28.6 Å². The molecule has 0 amide bonds. The molecule has 0 atom stereocenters. The SMILES string of the molecule is Cc1nc2ccccc2c2nc(-c3[c-]ccc4c3oc3ccccc34)n(-c3c(C(C)C)cccc3C(C)C)c12.[2H]C([2H])([2H])c1ccc(-c2[c-]cccc2)nc1.[Ir]. The molecule has 265 valence electrons. The van der Waals surface area contributed by atoms with Gasteiger partial charge in [0.15, 0.2) is 0 Å². The fourth-order valence-corrected chi connectivity index (χ4v) is 7.06. The maximum absolute atomic E-state index is 7.23. The second kappa shape index (κ2) is 14.9. The Balaban J connectivity index is 0.000000238. The van der Waals surface area contributed by atoms with Gasteiger partial charge in [0.05, 0.1) is 33.7 Å². The molecular weight excluding hydrogens is 829 g/mol. The zero-order valence-corrected chi connectivity index (χ0v) is 32.6. The molecule has 5 nitrogen and oxygen atoms in total. The normalized spacial score (nSPS) is 12.5. The topological polar surface area (TPSA) is 56.7 Å². The molecule has 4 aromatic heterocycles. The van der Waals surface area contributed by atoms with Gasteiger partial charge in [0.25, 0.3) is 0 Å². The van der Waals surface area contributed by atoms with E-state index >= 15 is 0 Å². The molecule has 0 unspecified atom stereocenters. The number of furan rings is 1. The summed E-state index contributed by atoms with van der Waals surface area (Å²) in [7, 11) is 0. The number of hydrogen-bond donors (Lipinski definition) is 0. The van der Waals surface area contributed by atoms with Gasteiger partial charge in [-0.15, -0.1) is 54.1 Å². The maximum atomic E-state index is 7.23. The Kier molecular flexibility index (Phi) is 9.07. The van der Waals surface area contributed by atoms with Crippen molar-refractivity contribution >= 4 is 43.9 Å². The number of para-hydroxylation sites is 3. The third-order valence-corrected chi connectivity index (χ3v) is 9.54. The molecule has 0 N–H and O–H groups in total. The molecule has 1 radical (unpaired) electrons. The van der Waals surface area contributed by atoms with Gasteiger partial charge >= 0.3 is 0 Å². The molecule has 9 rings (SSSR count). The van der Waals surface area contributed by atoms with E-state index in [1.165, 1.54) is 23.0 Å². The molecule has 53 heavy (non-hydrogen) atoms. The predicted octanol–water partition coefficient (Wildman–Crippen LogP) is 12.4. The van der Waals surface area contributed by atoms with Crippen LogP contribution in [0.1, 0.15) is 66.0 Å². The third-order valence-electron chi connectivity index (χ3n) is 9.54. The number of hydrogen-bond acceptors (Lipinski definition) is 4. The Labute approximate surface area is 328 Å². The van der Waals surface area contributed by atoms with Crippen LogP contribution in [-0.2, 0) is 20.1 Å².